The number of amides is 1. The van der Waals surface area contributed by atoms with E-state index in [-0.39, 0.29) is 10.9 Å². The van der Waals surface area contributed by atoms with E-state index in [4.69, 9.17) is 0 Å². The average molecular weight is 291 g/mol. The van der Waals surface area contributed by atoms with Crippen molar-refractivity contribution in [3.05, 3.63) is 57.2 Å². The monoisotopic (exact) mass is 291 g/mol. The van der Waals surface area contributed by atoms with Crippen molar-refractivity contribution in [3.8, 4) is 0 Å². The van der Waals surface area contributed by atoms with Gasteiger partial charge in [0.2, 0.25) is 0 Å². The molecular formula is C13H13N3O3S. The van der Waals surface area contributed by atoms with E-state index in [1.54, 1.807) is 12.3 Å². The van der Waals surface area contributed by atoms with Gasteiger partial charge in [-0.3, -0.25) is 19.9 Å². The molecule has 6 nitrogen and oxygen atoms in total. The van der Waals surface area contributed by atoms with Gasteiger partial charge in [-0.25, -0.2) is 0 Å². The summed E-state index contributed by atoms with van der Waals surface area (Å²) in [6, 6.07) is 8.23. The summed E-state index contributed by atoms with van der Waals surface area (Å²) < 4.78 is 0. The Bertz CT molecular complexity index is 637. The van der Waals surface area contributed by atoms with E-state index in [2.05, 4.69) is 10.3 Å². The van der Waals surface area contributed by atoms with E-state index < -0.39 is 10.5 Å². The predicted octanol–water partition coefficient (Wildman–Crippen LogP) is 2.72. The summed E-state index contributed by atoms with van der Waals surface area (Å²) in [6.07, 6.45) is 1.65. The number of hydrogen-bond acceptors (Lipinski definition) is 5. The first kappa shape index (κ1) is 14.1. The highest BCUT2D eigenvalue weighted by Gasteiger charge is 2.26. The van der Waals surface area contributed by atoms with Gasteiger partial charge in [0, 0.05) is 12.3 Å². The van der Waals surface area contributed by atoms with E-state index in [0.717, 1.165) is 17.0 Å². The predicted molar refractivity (Wildman–Crippen MR) is 75.7 cm³/mol. The van der Waals surface area contributed by atoms with Gasteiger partial charge in [0.05, 0.1) is 21.0 Å². The number of carbonyl (C=O) groups excluding carboxylic acids is 1. The van der Waals surface area contributed by atoms with Crippen LogP contribution in [0.25, 0.3) is 0 Å². The van der Waals surface area contributed by atoms with Gasteiger partial charge in [0.15, 0.2) is 0 Å². The first-order valence-electron chi connectivity index (χ1n) is 5.88. The summed E-state index contributed by atoms with van der Waals surface area (Å²) in [5.41, 5.74) is 0.0660. The lowest BCUT2D eigenvalue weighted by Crippen LogP contribution is -2.41. The van der Waals surface area contributed by atoms with E-state index in [9.17, 15) is 14.9 Å². The summed E-state index contributed by atoms with van der Waals surface area (Å²) >= 11 is 0.853. The average Bonchev–Trinajstić information content (AvgIpc) is 2.89. The van der Waals surface area contributed by atoms with E-state index >= 15 is 0 Å². The maximum absolute atomic E-state index is 12.1. The third kappa shape index (κ3) is 3.00. The first-order valence-corrected chi connectivity index (χ1v) is 6.70. The SMILES string of the molecule is CC(C)(NC(=O)c1ccc([N+](=O)[O-])s1)c1ccccn1. The number of pyridine rings is 1. The molecule has 0 saturated heterocycles. The normalized spacial score (nSPS) is 11.1. The minimum Gasteiger partial charge on any atom is -0.341 e. The van der Waals surface area contributed by atoms with Crippen molar-refractivity contribution in [1.82, 2.24) is 10.3 Å². The molecule has 0 aliphatic heterocycles. The molecule has 2 aromatic rings. The van der Waals surface area contributed by atoms with Crippen LogP contribution in [0.2, 0.25) is 0 Å². The fraction of sp³-hybridized carbons (Fsp3) is 0.231. The third-order valence-corrected chi connectivity index (χ3v) is 3.76. The Morgan fingerprint density at radius 1 is 1.35 bits per heavy atom. The molecule has 104 valence electrons. The minimum absolute atomic E-state index is 0.0502. The van der Waals surface area contributed by atoms with Crippen molar-refractivity contribution in [2.24, 2.45) is 0 Å². The lowest BCUT2D eigenvalue weighted by Gasteiger charge is -2.25. The van der Waals surface area contributed by atoms with Crippen LogP contribution in [-0.4, -0.2) is 15.8 Å². The number of rotatable bonds is 4. The Balaban J connectivity index is 2.16. The van der Waals surface area contributed by atoms with Crippen molar-refractivity contribution in [2.75, 3.05) is 0 Å². The van der Waals surface area contributed by atoms with Gasteiger partial charge in [-0.05, 0) is 32.0 Å². The van der Waals surface area contributed by atoms with Gasteiger partial charge in [-0.1, -0.05) is 17.4 Å². The highest BCUT2D eigenvalue weighted by molar-refractivity contribution is 7.17. The van der Waals surface area contributed by atoms with Crippen LogP contribution in [0.1, 0.15) is 29.2 Å². The smallest absolute Gasteiger partial charge is 0.324 e. The molecule has 0 spiro atoms. The van der Waals surface area contributed by atoms with Gasteiger partial charge >= 0.3 is 5.00 Å². The second-order valence-electron chi connectivity index (χ2n) is 4.69. The van der Waals surface area contributed by atoms with Crippen molar-refractivity contribution >= 4 is 22.2 Å². The zero-order valence-corrected chi connectivity index (χ0v) is 11.8. The minimum atomic E-state index is -0.656. The number of carbonyl (C=O) groups is 1. The summed E-state index contributed by atoms with van der Waals surface area (Å²) in [4.78, 5) is 26.7. The summed E-state index contributed by atoms with van der Waals surface area (Å²) in [7, 11) is 0. The zero-order chi connectivity index (χ0) is 14.8. The zero-order valence-electron chi connectivity index (χ0n) is 11.0. The number of nitrogens with one attached hydrogen (secondary N) is 1. The van der Waals surface area contributed by atoms with Crippen LogP contribution < -0.4 is 5.32 Å². The fourth-order valence-electron chi connectivity index (χ4n) is 1.69. The fourth-order valence-corrected chi connectivity index (χ4v) is 2.41. The Hall–Kier alpha value is -2.28. The van der Waals surface area contributed by atoms with Crippen LogP contribution >= 0.6 is 11.3 Å². The Labute approximate surface area is 119 Å². The van der Waals surface area contributed by atoms with Crippen molar-refractivity contribution in [1.29, 1.82) is 0 Å². The largest absolute Gasteiger partial charge is 0.341 e. The van der Waals surface area contributed by atoms with E-state index in [1.807, 2.05) is 26.0 Å². The van der Waals surface area contributed by atoms with Crippen LogP contribution in [-0.2, 0) is 5.54 Å². The van der Waals surface area contributed by atoms with Crippen molar-refractivity contribution in [3.63, 3.8) is 0 Å². The number of nitrogens with zero attached hydrogens (tertiary/aromatic N) is 2. The van der Waals surface area contributed by atoms with Crippen LogP contribution in [0.3, 0.4) is 0 Å². The summed E-state index contributed by atoms with van der Waals surface area (Å²) in [6.45, 7) is 3.66. The lowest BCUT2D eigenvalue weighted by molar-refractivity contribution is -0.380. The standard InChI is InChI=1S/C13H13N3O3S/c1-13(2,10-5-3-4-8-14-10)15-12(17)9-6-7-11(20-9)16(18)19/h3-8H,1-2H3,(H,15,17). The third-order valence-electron chi connectivity index (χ3n) is 2.73. The molecule has 0 aliphatic carbocycles. The molecule has 0 unspecified atom stereocenters. The van der Waals surface area contributed by atoms with Crippen LogP contribution in [0.5, 0.6) is 0 Å². The molecule has 7 heteroatoms. The molecule has 0 aliphatic rings. The molecule has 0 saturated carbocycles. The summed E-state index contributed by atoms with van der Waals surface area (Å²) in [5.74, 6) is -0.348. The molecule has 2 heterocycles. The molecule has 0 aromatic carbocycles. The van der Waals surface area contributed by atoms with Crippen LogP contribution in [0, 0.1) is 10.1 Å². The van der Waals surface area contributed by atoms with E-state index in [0.29, 0.717) is 4.88 Å². The molecule has 1 amide bonds. The second kappa shape index (κ2) is 5.38. The molecular weight excluding hydrogens is 278 g/mol. The Kier molecular flexibility index (Phi) is 3.80. The Morgan fingerprint density at radius 2 is 2.10 bits per heavy atom. The second-order valence-corrected chi connectivity index (χ2v) is 5.75. The molecule has 0 atom stereocenters. The maximum atomic E-state index is 12.1. The van der Waals surface area contributed by atoms with Gasteiger partial charge in [0.1, 0.15) is 0 Å². The molecule has 1 N–H and O–H groups in total. The summed E-state index contributed by atoms with van der Waals surface area (Å²) in [5, 5.41) is 13.4. The van der Waals surface area contributed by atoms with E-state index in [1.165, 1.54) is 12.1 Å². The molecule has 2 rings (SSSR count). The molecule has 0 fully saturated rings. The van der Waals surface area contributed by atoms with Crippen molar-refractivity contribution in [2.45, 2.75) is 19.4 Å². The first-order chi connectivity index (χ1) is 9.40. The topological polar surface area (TPSA) is 85.1 Å². The van der Waals surface area contributed by atoms with Crippen LogP contribution in [0.15, 0.2) is 36.5 Å². The number of aromatic nitrogens is 1. The molecule has 20 heavy (non-hydrogen) atoms. The highest BCUT2D eigenvalue weighted by atomic mass is 32.1. The van der Waals surface area contributed by atoms with Gasteiger partial charge in [0.25, 0.3) is 5.91 Å². The quantitative estimate of drug-likeness (QED) is 0.693. The number of hydrogen-bond donors (Lipinski definition) is 1. The van der Waals surface area contributed by atoms with Crippen molar-refractivity contribution < 1.29 is 9.72 Å². The van der Waals surface area contributed by atoms with Crippen LogP contribution in [0.4, 0.5) is 5.00 Å². The molecule has 2 aromatic heterocycles. The van der Waals surface area contributed by atoms with Gasteiger partial charge in [-0.2, -0.15) is 0 Å². The molecule has 0 bridgehead atoms. The maximum Gasteiger partial charge on any atom is 0.324 e. The number of thiophene rings is 1. The highest BCUT2D eigenvalue weighted by Crippen LogP contribution is 2.25. The van der Waals surface area contributed by atoms with Gasteiger partial charge in [-0.15, -0.1) is 0 Å². The Morgan fingerprint density at radius 3 is 2.65 bits per heavy atom. The van der Waals surface area contributed by atoms with Gasteiger partial charge < -0.3 is 5.32 Å². The lowest BCUT2D eigenvalue weighted by atomic mass is 10.00. The number of nitro groups is 1. The molecule has 0 radical (unpaired) electrons.